The van der Waals surface area contributed by atoms with Crippen LogP contribution in [0.25, 0.3) is 0 Å². The third kappa shape index (κ3) is 4.43. The van der Waals surface area contributed by atoms with Crippen LogP contribution in [-0.2, 0) is 16.1 Å². The molecule has 5 rings (SSSR count). The Bertz CT molecular complexity index is 942. The number of benzene rings is 2. The minimum absolute atomic E-state index is 0.0465. The van der Waals surface area contributed by atoms with Crippen molar-refractivity contribution in [3.05, 3.63) is 64.2 Å². The number of nitrogens with zero attached hydrogens (tertiary/aromatic N) is 2. The molecule has 0 N–H and O–H groups in total. The number of esters is 1. The maximum absolute atomic E-state index is 11.8. The lowest BCUT2D eigenvalue weighted by atomic mass is 9.86. The van der Waals surface area contributed by atoms with Crippen LogP contribution in [0.1, 0.15) is 65.3 Å². The third-order valence-electron chi connectivity index (χ3n) is 7.88. The zero-order chi connectivity index (χ0) is 22.2. The predicted molar refractivity (Wildman–Crippen MR) is 129 cm³/mol. The molecule has 4 heteroatoms. The molecule has 32 heavy (non-hydrogen) atoms. The molecule has 4 nitrogen and oxygen atoms in total. The molecule has 0 aromatic heterocycles. The van der Waals surface area contributed by atoms with Crippen LogP contribution in [0.15, 0.2) is 36.4 Å². The van der Waals surface area contributed by atoms with Gasteiger partial charge in [-0.25, -0.2) is 0 Å². The fourth-order valence-electron chi connectivity index (χ4n) is 5.50. The van der Waals surface area contributed by atoms with E-state index in [4.69, 9.17) is 4.74 Å². The Morgan fingerprint density at radius 2 is 1.53 bits per heavy atom. The predicted octanol–water partition coefficient (Wildman–Crippen LogP) is 5.17. The van der Waals surface area contributed by atoms with Crippen molar-refractivity contribution in [1.29, 1.82) is 0 Å². The van der Waals surface area contributed by atoms with Crippen molar-refractivity contribution in [2.45, 2.75) is 57.9 Å². The van der Waals surface area contributed by atoms with Crippen LogP contribution in [0.3, 0.4) is 0 Å². The van der Waals surface area contributed by atoms with E-state index >= 15 is 0 Å². The number of anilines is 1. The van der Waals surface area contributed by atoms with E-state index in [1.165, 1.54) is 53.5 Å². The van der Waals surface area contributed by atoms with Crippen LogP contribution in [-0.4, -0.2) is 44.2 Å². The fraction of sp³-hybridized carbons (Fsp3) is 0.536. The lowest BCUT2D eigenvalue weighted by molar-refractivity contribution is -0.147. The first-order chi connectivity index (χ1) is 15.5. The molecular formula is C28H36N2O2. The zero-order valence-corrected chi connectivity index (χ0v) is 19.8. The van der Waals surface area contributed by atoms with Crippen LogP contribution < -0.4 is 4.90 Å². The molecule has 170 valence electrons. The summed E-state index contributed by atoms with van der Waals surface area (Å²) in [6, 6.07) is 14.1. The molecule has 0 bridgehead atoms. The van der Waals surface area contributed by atoms with Gasteiger partial charge in [0.1, 0.15) is 0 Å². The Labute approximate surface area is 192 Å². The van der Waals surface area contributed by atoms with E-state index < -0.39 is 0 Å². The summed E-state index contributed by atoms with van der Waals surface area (Å²) < 4.78 is 4.93. The first kappa shape index (κ1) is 21.5. The normalized spacial score (nSPS) is 20.3. The van der Waals surface area contributed by atoms with Gasteiger partial charge in [0, 0.05) is 31.2 Å². The van der Waals surface area contributed by atoms with Crippen molar-refractivity contribution in [2.75, 3.05) is 38.2 Å². The number of likely N-dealkylation sites (tertiary alicyclic amines) is 1. The Hall–Kier alpha value is -2.33. The summed E-state index contributed by atoms with van der Waals surface area (Å²) in [5.74, 6) is 1.49. The van der Waals surface area contributed by atoms with E-state index in [9.17, 15) is 4.79 Å². The van der Waals surface area contributed by atoms with Crippen LogP contribution >= 0.6 is 0 Å². The highest BCUT2D eigenvalue weighted by Crippen LogP contribution is 2.41. The Morgan fingerprint density at radius 1 is 0.906 bits per heavy atom. The van der Waals surface area contributed by atoms with Crippen molar-refractivity contribution in [3.63, 3.8) is 0 Å². The summed E-state index contributed by atoms with van der Waals surface area (Å²) in [7, 11) is 1.50. The van der Waals surface area contributed by atoms with Crippen LogP contribution in [0.5, 0.6) is 0 Å². The number of carbonyl (C=O) groups is 1. The Kier molecular flexibility index (Phi) is 5.98. The number of methoxy groups -OCH3 is 1. The van der Waals surface area contributed by atoms with E-state index in [2.05, 4.69) is 60.0 Å². The van der Waals surface area contributed by atoms with Gasteiger partial charge in [-0.2, -0.15) is 0 Å². The lowest BCUT2D eigenvalue weighted by Gasteiger charge is -2.42. The quantitative estimate of drug-likeness (QED) is 0.590. The smallest absolute Gasteiger partial charge is 0.308 e. The summed E-state index contributed by atoms with van der Waals surface area (Å²) in [6.45, 7) is 9.68. The highest BCUT2D eigenvalue weighted by Gasteiger charge is 2.30. The highest BCUT2D eigenvalue weighted by atomic mass is 16.5. The molecule has 0 amide bonds. The number of carbonyl (C=O) groups excluding carboxylic acids is 1. The van der Waals surface area contributed by atoms with Crippen molar-refractivity contribution in [1.82, 2.24) is 4.90 Å². The van der Waals surface area contributed by atoms with Crippen molar-refractivity contribution in [2.24, 2.45) is 5.92 Å². The van der Waals surface area contributed by atoms with Gasteiger partial charge >= 0.3 is 5.97 Å². The average molecular weight is 433 g/mol. The minimum atomic E-state index is -0.0465. The van der Waals surface area contributed by atoms with Gasteiger partial charge in [0.05, 0.1) is 13.0 Å². The van der Waals surface area contributed by atoms with Gasteiger partial charge in [0.2, 0.25) is 0 Å². The minimum Gasteiger partial charge on any atom is -0.469 e. The molecule has 0 radical (unpaired) electrons. The summed E-state index contributed by atoms with van der Waals surface area (Å²) >= 11 is 0. The van der Waals surface area contributed by atoms with Crippen LogP contribution in [0.2, 0.25) is 0 Å². The number of ether oxygens (including phenoxy) is 1. The number of aryl methyl sites for hydroxylation is 2. The summed E-state index contributed by atoms with van der Waals surface area (Å²) in [5.41, 5.74) is 8.63. The maximum Gasteiger partial charge on any atom is 0.308 e. The Balaban J connectivity index is 1.18. The van der Waals surface area contributed by atoms with Gasteiger partial charge in [0.25, 0.3) is 0 Å². The van der Waals surface area contributed by atoms with Gasteiger partial charge in [-0.05, 0) is 98.5 Å². The highest BCUT2D eigenvalue weighted by molar-refractivity contribution is 5.72. The van der Waals surface area contributed by atoms with Gasteiger partial charge in [-0.15, -0.1) is 0 Å². The molecule has 0 spiro atoms. The molecule has 1 saturated carbocycles. The van der Waals surface area contributed by atoms with E-state index in [0.717, 1.165) is 51.5 Å². The molecule has 2 saturated heterocycles. The largest absolute Gasteiger partial charge is 0.469 e. The molecule has 0 atom stereocenters. The topological polar surface area (TPSA) is 32.8 Å². The molecule has 3 fully saturated rings. The molecule has 0 unspecified atom stereocenters. The molecule has 1 aliphatic carbocycles. The number of piperidine rings is 1. The average Bonchev–Trinajstić information content (AvgIpc) is 3.61. The van der Waals surface area contributed by atoms with Crippen molar-refractivity contribution < 1.29 is 9.53 Å². The summed E-state index contributed by atoms with van der Waals surface area (Å²) in [5, 5.41) is 0. The van der Waals surface area contributed by atoms with E-state index in [1.807, 2.05) is 0 Å². The second-order valence-electron chi connectivity index (χ2n) is 10.2. The van der Waals surface area contributed by atoms with Crippen molar-refractivity contribution >= 4 is 11.7 Å². The Morgan fingerprint density at radius 3 is 2.09 bits per heavy atom. The lowest BCUT2D eigenvalue weighted by Crippen LogP contribution is -2.45. The maximum atomic E-state index is 11.8. The van der Waals surface area contributed by atoms with Gasteiger partial charge < -0.3 is 9.64 Å². The second kappa shape index (κ2) is 8.90. The summed E-state index contributed by atoms with van der Waals surface area (Å²) in [4.78, 5) is 16.8. The van der Waals surface area contributed by atoms with Crippen LogP contribution in [0.4, 0.5) is 5.69 Å². The zero-order valence-electron chi connectivity index (χ0n) is 19.8. The molecule has 3 aliphatic rings. The SMILES string of the molecule is COC(=O)C1CCN(Cc2c(C)cc(C3CN(c4ccc(C5CC5)cc4)C3)cc2C)CC1. The van der Waals surface area contributed by atoms with E-state index in [1.54, 1.807) is 0 Å². The van der Waals surface area contributed by atoms with E-state index in [0.29, 0.717) is 5.92 Å². The van der Waals surface area contributed by atoms with Gasteiger partial charge in [0.15, 0.2) is 0 Å². The van der Waals surface area contributed by atoms with E-state index in [-0.39, 0.29) is 11.9 Å². The molecule has 2 aliphatic heterocycles. The van der Waals surface area contributed by atoms with Gasteiger partial charge in [-0.1, -0.05) is 24.3 Å². The molecule has 2 heterocycles. The van der Waals surface area contributed by atoms with Crippen molar-refractivity contribution in [3.8, 4) is 0 Å². The summed E-state index contributed by atoms with van der Waals surface area (Å²) in [6.07, 6.45) is 4.54. The molecular weight excluding hydrogens is 396 g/mol. The number of hydrogen-bond acceptors (Lipinski definition) is 4. The molecule has 2 aromatic carbocycles. The number of hydrogen-bond donors (Lipinski definition) is 0. The monoisotopic (exact) mass is 432 g/mol. The van der Waals surface area contributed by atoms with Crippen LogP contribution in [0, 0.1) is 19.8 Å². The standard InChI is InChI=1S/C28H36N2O2/c1-19-14-24(25-16-30(17-25)26-8-6-22(7-9-26)21-4-5-21)15-20(2)27(19)18-29-12-10-23(11-13-29)28(31)32-3/h6-9,14-15,21,23,25H,4-5,10-13,16-18H2,1-3H3. The fourth-order valence-corrected chi connectivity index (χ4v) is 5.50. The second-order valence-corrected chi connectivity index (χ2v) is 10.2. The first-order valence-electron chi connectivity index (χ1n) is 12.3. The molecule has 2 aromatic rings. The first-order valence-corrected chi connectivity index (χ1v) is 12.3. The third-order valence-corrected chi connectivity index (χ3v) is 7.88. The number of rotatable bonds is 6. The van der Waals surface area contributed by atoms with Gasteiger partial charge in [-0.3, -0.25) is 9.69 Å².